The fourth-order valence-electron chi connectivity index (χ4n) is 3.68. The van der Waals surface area contributed by atoms with E-state index in [4.69, 9.17) is 14.7 Å². The summed E-state index contributed by atoms with van der Waals surface area (Å²) in [5, 5.41) is 8.95. The molecule has 4 rings (SSSR count). The summed E-state index contributed by atoms with van der Waals surface area (Å²) in [5.41, 5.74) is 2.88. The number of benzene rings is 2. The zero-order chi connectivity index (χ0) is 22.3. The fraction of sp³-hybridized carbons (Fsp3) is 0.292. The Hall–Kier alpha value is -3.83. The summed E-state index contributed by atoms with van der Waals surface area (Å²) >= 11 is 0. The van der Waals surface area contributed by atoms with Crippen molar-refractivity contribution in [1.29, 1.82) is 5.26 Å². The molecule has 0 bridgehead atoms. The van der Waals surface area contributed by atoms with Gasteiger partial charge in [0.15, 0.2) is 11.5 Å². The van der Waals surface area contributed by atoms with Crippen LogP contribution in [0.3, 0.4) is 0 Å². The van der Waals surface area contributed by atoms with Gasteiger partial charge < -0.3 is 18.9 Å². The van der Waals surface area contributed by atoms with Crippen molar-refractivity contribution in [1.82, 2.24) is 19.4 Å². The lowest BCUT2D eigenvalue weighted by Crippen LogP contribution is -2.49. The van der Waals surface area contributed by atoms with Crippen LogP contribution >= 0.6 is 0 Å². The van der Waals surface area contributed by atoms with E-state index >= 15 is 0 Å². The summed E-state index contributed by atoms with van der Waals surface area (Å²) in [6, 6.07) is 16.9. The number of hydrogen-bond donors (Lipinski definition) is 0. The maximum absolute atomic E-state index is 12.6. The van der Waals surface area contributed by atoms with E-state index in [0.717, 1.165) is 30.9 Å². The van der Waals surface area contributed by atoms with Gasteiger partial charge in [0.05, 0.1) is 30.8 Å². The van der Waals surface area contributed by atoms with Crippen LogP contribution in [0.25, 0.3) is 0 Å². The monoisotopic (exact) mass is 431 g/mol. The van der Waals surface area contributed by atoms with E-state index in [1.165, 1.54) is 0 Å². The number of amides is 1. The lowest BCUT2D eigenvalue weighted by atomic mass is 10.1. The molecule has 0 N–H and O–H groups in total. The highest BCUT2D eigenvalue weighted by molar-refractivity contribution is 5.71. The predicted molar refractivity (Wildman–Crippen MR) is 118 cm³/mol. The zero-order valence-electron chi connectivity index (χ0n) is 18.0. The number of methoxy groups -OCH3 is 1. The minimum absolute atomic E-state index is 0.361. The van der Waals surface area contributed by atoms with Crippen LogP contribution in [0.2, 0.25) is 0 Å². The van der Waals surface area contributed by atoms with Crippen molar-refractivity contribution < 1.29 is 14.3 Å². The molecule has 8 heteroatoms. The Morgan fingerprint density at radius 3 is 2.44 bits per heavy atom. The summed E-state index contributed by atoms with van der Waals surface area (Å²) in [6.45, 7) is 4.15. The van der Waals surface area contributed by atoms with E-state index in [2.05, 4.69) is 20.5 Å². The average Bonchev–Trinajstić information content (AvgIpc) is 3.26. The van der Waals surface area contributed by atoms with Gasteiger partial charge in [-0.3, -0.25) is 4.90 Å². The molecule has 1 aliphatic heterocycles. The van der Waals surface area contributed by atoms with Crippen LogP contribution in [0, 0.1) is 11.3 Å². The maximum atomic E-state index is 12.6. The normalized spacial score (nSPS) is 14.1. The third kappa shape index (κ3) is 5.07. The molecule has 2 heterocycles. The second-order valence-electron chi connectivity index (χ2n) is 7.60. The maximum Gasteiger partial charge on any atom is 0.415 e. The number of rotatable bonds is 6. The molecular weight excluding hydrogens is 406 g/mol. The van der Waals surface area contributed by atoms with Crippen molar-refractivity contribution in [2.24, 2.45) is 0 Å². The fourth-order valence-corrected chi connectivity index (χ4v) is 3.68. The van der Waals surface area contributed by atoms with E-state index in [9.17, 15) is 4.79 Å². The van der Waals surface area contributed by atoms with Crippen LogP contribution in [-0.4, -0.2) is 58.7 Å². The number of carbonyl (C=O) groups excluding carboxylic acids is 1. The molecule has 32 heavy (non-hydrogen) atoms. The quantitative estimate of drug-likeness (QED) is 0.596. The first-order valence-corrected chi connectivity index (χ1v) is 10.5. The molecule has 0 unspecified atom stereocenters. The number of nitrogens with zero attached hydrogens (tertiary/aromatic N) is 5. The summed E-state index contributed by atoms with van der Waals surface area (Å²) in [6.07, 6.45) is 3.35. The molecule has 3 aromatic rings. The molecule has 1 aliphatic rings. The number of carbonyl (C=O) groups is 1. The number of ether oxygens (including phenoxy) is 2. The van der Waals surface area contributed by atoms with Crippen molar-refractivity contribution in [3.05, 3.63) is 77.9 Å². The Labute approximate surface area is 187 Å². The van der Waals surface area contributed by atoms with Gasteiger partial charge in [0.25, 0.3) is 0 Å². The molecule has 1 fully saturated rings. The Morgan fingerprint density at radius 1 is 1.03 bits per heavy atom. The van der Waals surface area contributed by atoms with Crippen molar-refractivity contribution in [2.75, 3.05) is 33.3 Å². The first-order valence-electron chi connectivity index (χ1n) is 10.5. The van der Waals surface area contributed by atoms with Gasteiger partial charge in [-0.25, -0.2) is 9.78 Å². The third-order valence-electron chi connectivity index (χ3n) is 5.52. The van der Waals surface area contributed by atoms with Crippen LogP contribution in [-0.2, 0) is 13.1 Å². The van der Waals surface area contributed by atoms with Gasteiger partial charge in [0.2, 0.25) is 0 Å². The first kappa shape index (κ1) is 21.4. The van der Waals surface area contributed by atoms with Crippen LogP contribution in [0.15, 0.2) is 61.1 Å². The number of piperazine rings is 1. The molecule has 1 aromatic heterocycles. The summed E-state index contributed by atoms with van der Waals surface area (Å²) < 4.78 is 12.9. The molecule has 0 saturated carbocycles. The van der Waals surface area contributed by atoms with Gasteiger partial charge in [-0.2, -0.15) is 5.26 Å². The van der Waals surface area contributed by atoms with Crippen LogP contribution in [0.1, 0.15) is 16.8 Å². The van der Waals surface area contributed by atoms with E-state index in [-0.39, 0.29) is 6.09 Å². The second-order valence-corrected chi connectivity index (χ2v) is 7.60. The molecule has 0 aliphatic carbocycles. The topological polar surface area (TPSA) is 83.6 Å². The summed E-state index contributed by atoms with van der Waals surface area (Å²) in [4.78, 5) is 20.9. The van der Waals surface area contributed by atoms with E-state index in [1.54, 1.807) is 24.1 Å². The molecular formula is C24H25N5O3. The number of aromatic nitrogens is 2. The second kappa shape index (κ2) is 9.98. The third-order valence-corrected chi connectivity index (χ3v) is 5.52. The van der Waals surface area contributed by atoms with Crippen molar-refractivity contribution >= 4 is 6.09 Å². The van der Waals surface area contributed by atoms with Gasteiger partial charge in [-0.05, 0) is 29.8 Å². The smallest absolute Gasteiger partial charge is 0.415 e. The Kier molecular flexibility index (Phi) is 6.68. The summed E-state index contributed by atoms with van der Waals surface area (Å²) in [5.74, 6) is 0.962. The highest BCUT2D eigenvalue weighted by atomic mass is 16.6. The van der Waals surface area contributed by atoms with E-state index < -0.39 is 0 Å². The van der Waals surface area contributed by atoms with Crippen LogP contribution in [0.4, 0.5) is 4.79 Å². The Morgan fingerprint density at radius 2 is 1.75 bits per heavy atom. The highest BCUT2D eigenvalue weighted by Crippen LogP contribution is 2.26. The molecule has 164 valence electrons. The molecule has 0 atom stereocenters. The molecule has 1 saturated heterocycles. The summed E-state index contributed by atoms with van der Waals surface area (Å²) in [7, 11) is 1.55. The SMILES string of the molecule is COc1ccccc1OC(=O)N1CCN(Cc2cncn2Cc2ccc(C#N)cc2)CC1. The Balaban J connectivity index is 1.30. The van der Waals surface area contributed by atoms with Crippen molar-refractivity contribution in [3.8, 4) is 17.6 Å². The van der Waals surface area contributed by atoms with Crippen molar-refractivity contribution in [2.45, 2.75) is 13.1 Å². The number of imidazole rings is 1. The zero-order valence-corrected chi connectivity index (χ0v) is 18.0. The first-order chi connectivity index (χ1) is 15.7. The Bertz CT molecular complexity index is 1100. The standard InChI is InChI=1S/C24H25N5O3/c1-31-22-4-2-3-5-23(22)32-24(30)28-12-10-27(11-13-28)17-21-15-26-18-29(21)16-20-8-6-19(14-25)7-9-20/h2-9,15,18H,10-13,16-17H2,1H3. The lowest BCUT2D eigenvalue weighted by molar-refractivity contribution is 0.106. The average molecular weight is 431 g/mol. The highest BCUT2D eigenvalue weighted by Gasteiger charge is 2.24. The van der Waals surface area contributed by atoms with Crippen LogP contribution < -0.4 is 9.47 Å². The largest absolute Gasteiger partial charge is 0.493 e. The van der Waals surface area contributed by atoms with Gasteiger partial charge >= 0.3 is 6.09 Å². The van der Waals surface area contributed by atoms with Gasteiger partial charge in [-0.15, -0.1) is 0 Å². The number of nitriles is 1. The van der Waals surface area contributed by atoms with Crippen molar-refractivity contribution in [3.63, 3.8) is 0 Å². The van der Waals surface area contributed by atoms with E-state index in [0.29, 0.717) is 36.7 Å². The number of para-hydroxylation sites is 2. The molecule has 1 amide bonds. The van der Waals surface area contributed by atoms with E-state index in [1.807, 2.05) is 48.9 Å². The predicted octanol–water partition coefficient (Wildman–Crippen LogP) is 3.13. The van der Waals surface area contributed by atoms with Crippen LogP contribution in [0.5, 0.6) is 11.5 Å². The molecule has 0 spiro atoms. The molecule has 8 nitrogen and oxygen atoms in total. The minimum atomic E-state index is -0.361. The molecule has 2 aromatic carbocycles. The minimum Gasteiger partial charge on any atom is -0.493 e. The van der Waals surface area contributed by atoms with Gasteiger partial charge in [-0.1, -0.05) is 24.3 Å². The van der Waals surface area contributed by atoms with Gasteiger partial charge in [0, 0.05) is 45.5 Å². The molecule has 0 radical (unpaired) electrons. The number of hydrogen-bond acceptors (Lipinski definition) is 6. The lowest BCUT2D eigenvalue weighted by Gasteiger charge is -2.34. The van der Waals surface area contributed by atoms with Gasteiger partial charge in [0.1, 0.15) is 0 Å².